The van der Waals surface area contributed by atoms with Gasteiger partial charge in [-0.1, -0.05) is 19.4 Å². The molecule has 1 aliphatic carbocycles. The summed E-state index contributed by atoms with van der Waals surface area (Å²) in [6.45, 7) is 6.56. The minimum absolute atomic E-state index is 0.197. The van der Waals surface area contributed by atoms with Gasteiger partial charge < -0.3 is 4.74 Å². The summed E-state index contributed by atoms with van der Waals surface area (Å²) in [6.07, 6.45) is 2.62. The molecule has 2 amide bonds. The Labute approximate surface area is 112 Å². The molecule has 1 aliphatic heterocycles. The van der Waals surface area contributed by atoms with Crippen LogP contribution >= 0.6 is 0 Å². The maximum atomic E-state index is 12.2. The summed E-state index contributed by atoms with van der Waals surface area (Å²) in [7, 11) is 0. The molecule has 0 aromatic carbocycles. The van der Waals surface area contributed by atoms with Crippen molar-refractivity contribution in [1.29, 1.82) is 0 Å². The Morgan fingerprint density at radius 1 is 1.26 bits per heavy atom. The van der Waals surface area contributed by atoms with Crippen LogP contribution in [-0.2, 0) is 19.1 Å². The van der Waals surface area contributed by atoms with E-state index in [2.05, 4.69) is 6.58 Å². The van der Waals surface area contributed by atoms with Crippen molar-refractivity contribution < 1.29 is 19.1 Å². The van der Waals surface area contributed by atoms with Gasteiger partial charge in [0, 0.05) is 5.57 Å². The van der Waals surface area contributed by atoms with E-state index in [1.54, 1.807) is 6.92 Å². The molecule has 19 heavy (non-hydrogen) atoms. The summed E-state index contributed by atoms with van der Waals surface area (Å²) in [5, 5.41) is 0. The van der Waals surface area contributed by atoms with Gasteiger partial charge in [0.05, 0.1) is 11.8 Å². The van der Waals surface area contributed by atoms with Gasteiger partial charge >= 0.3 is 5.97 Å². The van der Waals surface area contributed by atoms with Crippen molar-refractivity contribution in [3.63, 3.8) is 0 Å². The average molecular weight is 265 g/mol. The molecule has 0 radical (unpaired) electrons. The van der Waals surface area contributed by atoms with Crippen LogP contribution in [0.25, 0.3) is 0 Å². The lowest BCUT2D eigenvalue weighted by Gasteiger charge is -2.23. The number of fused-ring (bicyclic) bond motifs is 1. The van der Waals surface area contributed by atoms with Gasteiger partial charge in [0.1, 0.15) is 0 Å². The smallest absolute Gasteiger partial charge is 0.335 e. The zero-order chi connectivity index (χ0) is 14.2. The Hall–Kier alpha value is -1.65. The van der Waals surface area contributed by atoms with Crippen molar-refractivity contribution in [2.24, 2.45) is 11.8 Å². The number of hydrogen-bond acceptors (Lipinski definition) is 4. The molecule has 5 nitrogen and oxygen atoms in total. The maximum Gasteiger partial charge on any atom is 0.335 e. The fraction of sp³-hybridized carbons (Fsp3) is 0.643. The molecule has 3 atom stereocenters. The van der Waals surface area contributed by atoms with Crippen molar-refractivity contribution >= 4 is 17.8 Å². The number of carbonyl (C=O) groups excluding carboxylic acids is 3. The van der Waals surface area contributed by atoms with Gasteiger partial charge in [0.2, 0.25) is 11.8 Å². The van der Waals surface area contributed by atoms with Crippen molar-refractivity contribution in [1.82, 2.24) is 4.90 Å². The summed E-state index contributed by atoms with van der Waals surface area (Å²) in [6, 6.07) is 0. The van der Waals surface area contributed by atoms with E-state index in [0.29, 0.717) is 0 Å². The van der Waals surface area contributed by atoms with E-state index in [0.717, 1.165) is 30.6 Å². The zero-order valence-corrected chi connectivity index (χ0v) is 11.3. The third kappa shape index (κ3) is 2.41. The highest BCUT2D eigenvalue weighted by Crippen LogP contribution is 2.38. The summed E-state index contributed by atoms with van der Waals surface area (Å²) < 4.78 is 5.09. The number of hydrogen-bond donors (Lipinski definition) is 0. The van der Waals surface area contributed by atoms with Gasteiger partial charge in [-0.15, -0.1) is 0 Å². The summed E-state index contributed by atoms with van der Waals surface area (Å²) in [5.41, 5.74) is 0.253. The largest absolute Gasteiger partial charge is 0.438 e. The predicted molar refractivity (Wildman–Crippen MR) is 67.7 cm³/mol. The Bertz CT molecular complexity index is 419. The minimum atomic E-state index is -0.852. The third-order valence-electron chi connectivity index (χ3n) is 3.86. The topological polar surface area (TPSA) is 63.7 Å². The summed E-state index contributed by atoms with van der Waals surface area (Å²) >= 11 is 0. The number of carbonyl (C=O) groups is 3. The Kier molecular flexibility index (Phi) is 3.73. The zero-order valence-electron chi connectivity index (χ0n) is 11.3. The van der Waals surface area contributed by atoms with Crippen LogP contribution in [0.1, 0.15) is 39.5 Å². The lowest BCUT2D eigenvalue weighted by atomic mass is 9.81. The first-order chi connectivity index (χ1) is 8.93. The predicted octanol–water partition coefficient (Wildman–Crippen LogP) is 1.63. The highest BCUT2D eigenvalue weighted by molar-refractivity contribution is 6.05. The number of esters is 1. The van der Waals surface area contributed by atoms with Crippen LogP contribution < -0.4 is 0 Å². The molecular weight excluding hydrogens is 246 g/mol. The van der Waals surface area contributed by atoms with E-state index in [1.165, 1.54) is 6.92 Å². The average Bonchev–Trinajstić information content (AvgIpc) is 2.62. The molecule has 2 aliphatic rings. The van der Waals surface area contributed by atoms with Crippen LogP contribution in [0.15, 0.2) is 12.2 Å². The standard InChI is InChI=1S/C14H19NO4/c1-8(2)14(18)19-9(3)15-12(16)10-6-4-5-7-11(10)13(15)17/h9-11H,1,4-7H2,2-3H3. The molecule has 3 unspecified atom stereocenters. The molecule has 0 bridgehead atoms. The fourth-order valence-corrected chi connectivity index (χ4v) is 2.85. The normalized spacial score (nSPS) is 28.0. The first-order valence-corrected chi connectivity index (χ1v) is 6.67. The second-order valence-electron chi connectivity index (χ2n) is 5.33. The Balaban J connectivity index is 2.11. The van der Waals surface area contributed by atoms with E-state index in [4.69, 9.17) is 4.74 Å². The lowest BCUT2D eigenvalue weighted by molar-refractivity contribution is -0.163. The molecule has 104 valence electrons. The number of rotatable bonds is 3. The van der Waals surface area contributed by atoms with Crippen LogP contribution in [0, 0.1) is 11.8 Å². The molecule has 0 N–H and O–H groups in total. The highest BCUT2D eigenvalue weighted by atomic mass is 16.6. The highest BCUT2D eigenvalue weighted by Gasteiger charge is 2.50. The molecule has 1 saturated heterocycles. The second kappa shape index (κ2) is 5.15. The third-order valence-corrected chi connectivity index (χ3v) is 3.86. The molecule has 0 aromatic rings. The van der Waals surface area contributed by atoms with Crippen molar-refractivity contribution in [3.05, 3.63) is 12.2 Å². The van der Waals surface area contributed by atoms with Crippen molar-refractivity contribution in [3.8, 4) is 0 Å². The quantitative estimate of drug-likeness (QED) is 0.442. The van der Waals surface area contributed by atoms with Crippen LogP contribution in [0.4, 0.5) is 0 Å². The van der Waals surface area contributed by atoms with Crippen molar-refractivity contribution in [2.75, 3.05) is 0 Å². The number of amides is 2. The molecule has 5 heteroatoms. The van der Waals surface area contributed by atoms with E-state index in [1.807, 2.05) is 0 Å². The lowest BCUT2D eigenvalue weighted by Crippen LogP contribution is -2.41. The van der Waals surface area contributed by atoms with Gasteiger partial charge in [-0.2, -0.15) is 0 Å². The van der Waals surface area contributed by atoms with E-state index in [-0.39, 0.29) is 29.2 Å². The molecule has 1 saturated carbocycles. The van der Waals surface area contributed by atoms with Crippen LogP contribution in [-0.4, -0.2) is 28.9 Å². The number of imide groups is 1. The SMILES string of the molecule is C=C(C)C(=O)OC(C)N1C(=O)C2CCCCC2C1=O. The van der Waals surface area contributed by atoms with Crippen molar-refractivity contribution in [2.45, 2.75) is 45.8 Å². The fourth-order valence-electron chi connectivity index (χ4n) is 2.85. The van der Waals surface area contributed by atoms with Gasteiger partial charge in [0.15, 0.2) is 6.23 Å². The number of nitrogens with zero attached hydrogens (tertiary/aromatic N) is 1. The first-order valence-electron chi connectivity index (χ1n) is 6.67. The maximum absolute atomic E-state index is 12.2. The van der Waals surface area contributed by atoms with Gasteiger partial charge in [-0.05, 0) is 26.7 Å². The number of likely N-dealkylation sites (tertiary alicyclic amines) is 1. The molecule has 2 fully saturated rings. The van der Waals surface area contributed by atoms with E-state index in [9.17, 15) is 14.4 Å². The minimum Gasteiger partial charge on any atom is -0.438 e. The second-order valence-corrected chi connectivity index (χ2v) is 5.33. The Morgan fingerprint density at radius 2 is 1.74 bits per heavy atom. The first kappa shape index (κ1) is 13.8. The van der Waals surface area contributed by atoms with Crippen LogP contribution in [0.3, 0.4) is 0 Å². The van der Waals surface area contributed by atoms with Gasteiger partial charge in [0.25, 0.3) is 0 Å². The summed E-state index contributed by atoms with van der Waals surface area (Å²) in [5.74, 6) is -1.41. The number of ether oxygens (including phenoxy) is 1. The Morgan fingerprint density at radius 3 is 2.16 bits per heavy atom. The van der Waals surface area contributed by atoms with Gasteiger partial charge in [-0.3, -0.25) is 9.59 Å². The van der Waals surface area contributed by atoms with E-state index < -0.39 is 12.2 Å². The van der Waals surface area contributed by atoms with Crippen LogP contribution in [0.5, 0.6) is 0 Å². The summed E-state index contributed by atoms with van der Waals surface area (Å²) in [4.78, 5) is 37.0. The monoisotopic (exact) mass is 265 g/mol. The molecular formula is C14H19NO4. The van der Waals surface area contributed by atoms with Crippen LogP contribution in [0.2, 0.25) is 0 Å². The molecule has 1 heterocycles. The molecule has 0 spiro atoms. The molecule has 0 aromatic heterocycles. The van der Waals surface area contributed by atoms with E-state index >= 15 is 0 Å². The van der Waals surface area contributed by atoms with Gasteiger partial charge in [-0.25, -0.2) is 9.69 Å². The molecule has 2 rings (SSSR count).